The van der Waals surface area contributed by atoms with E-state index in [1.54, 1.807) is 6.07 Å². The Bertz CT molecular complexity index is 659. The number of carboxylic acids is 1. The number of ether oxygens (including phenoxy) is 1. The molecule has 0 saturated carbocycles. The summed E-state index contributed by atoms with van der Waals surface area (Å²) < 4.78 is 4.81. The normalized spacial score (nSPS) is 21.7. The third-order valence-corrected chi connectivity index (χ3v) is 4.60. The van der Waals surface area contributed by atoms with E-state index >= 15 is 0 Å². The predicted octanol–water partition coefficient (Wildman–Crippen LogP) is -1.45. The quantitative estimate of drug-likeness (QED) is 0.344. The fraction of sp³-hybridized carbons (Fsp3) is 0.462. The zero-order valence-electron chi connectivity index (χ0n) is 12.1. The summed E-state index contributed by atoms with van der Waals surface area (Å²) in [5.74, 6) is -2.74. The van der Waals surface area contributed by atoms with Gasteiger partial charge in [-0.05, 0) is 0 Å². The molecule has 0 bridgehead atoms. The average molecular weight is 363 g/mol. The van der Waals surface area contributed by atoms with Crippen molar-refractivity contribution in [2.75, 3.05) is 12.4 Å². The van der Waals surface area contributed by atoms with E-state index in [9.17, 15) is 24.3 Å². The Hall–Kier alpha value is -1.54. The summed E-state index contributed by atoms with van der Waals surface area (Å²) in [4.78, 5) is 47.0. The first-order valence-corrected chi connectivity index (χ1v) is 7.61. The molecule has 0 radical (unpaired) electrons. The number of nitrogens with zero attached hydrogens (tertiary/aromatic N) is 2. The van der Waals surface area contributed by atoms with Crippen molar-refractivity contribution in [2.45, 2.75) is 24.8 Å². The number of fused-ring (bicyclic) bond motifs is 1. The number of hydrogen-bond donors (Lipinski definition) is 2. The Kier molecular flexibility index (Phi) is 7.28. The molecule has 2 aliphatic heterocycles. The first kappa shape index (κ1) is 20.5. The summed E-state index contributed by atoms with van der Waals surface area (Å²) in [6, 6.07) is 0.818. The number of carboxylic acid groups (broad SMARTS) is 1. The van der Waals surface area contributed by atoms with E-state index < -0.39 is 35.2 Å². The van der Waals surface area contributed by atoms with Gasteiger partial charge in [0, 0.05) is 18.2 Å². The summed E-state index contributed by atoms with van der Waals surface area (Å²) >= 11 is 1.26. The number of thioether (sulfide) groups is 1. The molecule has 0 unspecified atom stereocenters. The molecule has 2 N–H and O–H groups in total. The van der Waals surface area contributed by atoms with Gasteiger partial charge in [0.1, 0.15) is 30.1 Å². The third kappa shape index (κ3) is 4.10. The van der Waals surface area contributed by atoms with E-state index in [1.165, 1.54) is 18.7 Å². The molecule has 2 atom stereocenters. The van der Waals surface area contributed by atoms with Crippen LogP contribution in [0.4, 0.5) is 0 Å². The topological polar surface area (TPSA) is 137 Å². The molecule has 2 aliphatic rings. The second kappa shape index (κ2) is 8.53. The van der Waals surface area contributed by atoms with Crippen molar-refractivity contribution in [3.8, 4) is 6.07 Å². The van der Waals surface area contributed by atoms with Gasteiger partial charge < -0.3 is 15.2 Å². The zero-order chi connectivity index (χ0) is 17.1. The first-order valence-electron chi connectivity index (χ1n) is 6.56. The number of esters is 1. The Morgan fingerprint density at radius 3 is 2.71 bits per heavy atom. The fourth-order valence-corrected chi connectivity index (χ4v) is 3.61. The van der Waals surface area contributed by atoms with Crippen molar-refractivity contribution in [1.29, 1.82) is 5.26 Å². The summed E-state index contributed by atoms with van der Waals surface area (Å²) in [7, 11) is 0. The fourth-order valence-electron chi connectivity index (χ4n) is 2.28. The molecule has 0 aromatic carbocycles. The van der Waals surface area contributed by atoms with Gasteiger partial charge >= 0.3 is 41.5 Å². The molecule has 0 aromatic rings. The maximum absolute atomic E-state index is 12.1. The molecule has 11 heteroatoms. The van der Waals surface area contributed by atoms with Crippen molar-refractivity contribution in [3.05, 3.63) is 11.3 Å². The maximum atomic E-state index is 12.1. The van der Waals surface area contributed by atoms with Gasteiger partial charge in [-0.2, -0.15) is 5.26 Å². The van der Waals surface area contributed by atoms with Crippen LogP contribution >= 0.6 is 11.8 Å². The monoisotopic (exact) mass is 363 g/mol. The number of carbonyl (C=O) groups excluding carboxylic acids is 3. The number of rotatable bonds is 5. The summed E-state index contributed by atoms with van der Waals surface area (Å²) in [5, 5.41) is 19.7. The van der Waals surface area contributed by atoms with Gasteiger partial charge in [0.2, 0.25) is 5.91 Å². The molecule has 1 saturated heterocycles. The predicted molar refractivity (Wildman–Crippen MR) is 83.7 cm³/mol. The molecular weight excluding hydrogens is 349 g/mol. The van der Waals surface area contributed by atoms with Crippen molar-refractivity contribution in [3.63, 3.8) is 0 Å². The number of β-lactam (4-membered cyclic amide) rings is 1. The molecule has 2 heterocycles. The van der Waals surface area contributed by atoms with Gasteiger partial charge in [-0.15, -0.1) is 11.8 Å². The number of carbonyl (C=O) groups is 4. The van der Waals surface area contributed by atoms with Crippen LogP contribution in [0.1, 0.15) is 13.3 Å². The van der Waals surface area contributed by atoms with E-state index in [4.69, 9.17) is 10.00 Å². The standard InChI is InChI=1S/C13H13N3O6S.Na.H/c1-6(17)22-4-7-5-23-12-9(15-8(18)2-3-14)11(19)16(12)10(7)13(20)21;;/h9,12H,2,4-5H2,1H3,(H,15,18)(H,20,21);;/t9-,12-;;/m1../s1. The molecule has 24 heavy (non-hydrogen) atoms. The molecule has 0 aliphatic carbocycles. The van der Waals surface area contributed by atoms with Crippen LogP contribution < -0.4 is 5.32 Å². The van der Waals surface area contributed by atoms with Crippen LogP contribution in [0.25, 0.3) is 0 Å². The van der Waals surface area contributed by atoms with Crippen LogP contribution in [0.3, 0.4) is 0 Å². The average Bonchev–Trinajstić information content (AvgIpc) is 2.49. The van der Waals surface area contributed by atoms with E-state index in [0.29, 0.717) is 5.57 Å². The zero-order valence-corrected chi connectivity index (χ0v) is 12.9. The molecule has 0 aromatic heterocycles. The van der Waals surface area contributed by atoms with Crippen LogP contribution in [0.2, 0.25) is 0 Å². The molecule has 2 amide bonds. The first-order chi connectivity index (χ1) is 10.9. The van der Waals surface area contributed by atoms with E-state index in [0.717, 1.165) is 4.90 Å². The van der Waals surface area contributed by atoms with Crippen LogP contribution in [0, 0.1) is 11.3 Å². The van der Waals surface area contributed by atoms with Crippen LogP contribution in [-0.4, -0.2) is 87.1 Å². The number of hydrogen-bond acceptors (Lipinski definition) is 7. The van der Waals surface area contributed by atoms with Crippen molar-refractivity contribution < 1.29 is 29.0 Å². The minimum absolute atomic E-state index is 0. The summed E-state index contributed by atoms with van der Waals surface area (Å²) in [6.07, 6.45) is -0.375. The minimum atomic E-state index is -1.30. The van der Waals surface area contributed by atoms with Crippen molar-refractivity contribution in [2.24, 2.45) is 0 Å². The summed E-state index contributed by atoms with van der Waals surface area (Å²) in [5.41, 5.74) is 0.106. The second-order valence-electron chi connectivity index (χ2n) is 4.83. The summed E-state index contributed by atoms with van der Waals surface area (Å²) in [6.45, 7) is 1.00. The van der Waals surface area contributed by atoms with Crippen LogP contribution in [0.5, 0.6) is 0 Å². The number of nitrogens with one attached hydrogen (secondary N) is 1. The Morgan fingerprint density at radius 1 is 1.50 bits per heavy atom. The molecule has 2 rings (SSSR count). The van der Waals surface area contributed by atoms with Gasteiger partial charge in [-0.1, -0.05) is 0 Å². The SMILES string of the molecule is CC(=O)OCC1=C(C(=O)O)N2C(=O)[C@@H](NC(=O)CC#N)[C@H]2SC1.[NaH]. The van der Waals surface area contributed by atoms with Crippen molar-refractivity contribution >= 4 is 65.1 Å². The van der Waals surface area contributed by atoms with E-state index in [-0.39, 0.29) is 54.0 Å². The van der Waals surface area contributed by atoms with Crippen molar-refractivity contribution in [1.82, 2.24) is 10.2 Å². The second-order valence-corrected chi connectivity index (χ2v) is 5.93. The third-order valence-electron chi connectivity index (χ3n) is 3.26. The molecule has 124 valence electrons. The van der Waals surface area contributed by atoms with Crippen LogP contribution in [-0.2, 0) is 23.9 Å². The molecule has 9 nitrogen and oxygen atoms in total. The Labute approximate surface area is 163 Å². The van der Waals surface area contributed by atoms with Gasteiger partial charge in [0.05, 0.1) is 6.07 Å². The number of amides is 2. The van der Waals surface area contributed by atoms with Gasteiger partial charge in [-0.3, -0.25) is 19.3 Å². The Balaban J connectivity index is 0.00000288. The molecule has 1 fully saturated rings. The Morgan fingerprint density at radius 2 is 2.17 bits per heavy atom. The molecule has 0 spiro atoms. The van der Waals surface area contributed by atoms with Gasteiger partial charge in [0.15, 0.2) is 0 Å². The van der Waals surface area contributed by atoms with Crippen LogP contribution in [0.15, 0.2) is 11.3 Å². The van der Waals surface area contributed by atoms with E-state index in [1.807, 2.05) is 0 Å². The number of aliphatic carboxylic acids is 1. The van der Waals surface area contributed by atoms with E-state index in [2.05, 4.69) is 5.32 Å². The molecular formula is C13H14N3NaO6S. The number of nitriles is 1. The van der Waals surface area contributed by atoms with Gasteiger partial charge in [-0.25, -0.2) is 4.79 Å². The van der Waals surface area contributed by atoms with Gasteiger partial charge in [0.25, 0.3) is 5.91 Å².